The van der Waals surface area contributed by atoms with Crippen molar-refractivity contribution >= 4 is 34.8 Å². The van der Waals surface area contributed by atoms with Gasteiger partial charge in [0.1, 0.15) is 6.04 Å². The molecule has 1 saturated carbocycles. The number of hydrogen-bond donors (Lipinski definition) is 2. The molecule has 0 bridgehead atoms. The Balaban J connectivity index is 1.98. The lowest BCUT2D eigenvalue weighted by molar-refractivity contribution is -0.118. The normalized spacial score (nSPS) is 15.4. The highest BCUT2D eigenvalue weighted by molar-refractivity contribution is 6.36. The summed E-state index contributed by atoms with van der Waals surface area (Å²) in [6, 6.07) is 12.3. The van der Waals surface area contributed by atoms with Crippen molar-refractivity contribution in [2.75, 3.05) is 5.32 Å². The maximum absolute atomic E-state index is 11.9. The van der Waals surface area contributed by atoms with E-state index in [4.69, 9.17) is 28.9 Å². The number of rotatable bonds is 5. The number of anilines is 1. The summed E-state index contributed by atoms with van der Waals surface area (Å²) in [5.41, 5.74) is 8.21. The fraction of sp³-hybridized carbons (Fsp3) is 0.235. The van der Waals surface area contributed by atoms with Crippen LogP contribution in [0.15, 0.2) is 42.5 Å². The van der Waals surface area contributed by atoms with Gasteiger partial charge in [0, 0.05) is 21.3 Å². The monoisotopic (exact) mass is 334 g/mol. The van der Waals surface area contributed by atoms with Crippen LogP contribution in [0.1, 0.15) is 35.9 Å². The highest BCUT2D eigenvalue weighted by atomic mass is 35.5. The number of benzene rings is 2. The Morgan fingerprint density at radius 3 is 2.32 bits per heavy atom. The molecule has 1 aliphatic rings. The number of nitrogens with one attached hydrogen (secondary N) is 1. The summed E-state index contributed by atoms with van der Waals surface area (Å²) < 4.78 is 0. The van der Waals surface area contributed by atoms with Crippen LogP contribution in [0.4, 0.5) is 5.69 Å². The van der Waals surface area contributed by atoms with Gasteiger partial charge in [-0.2, -0.15) is 0 Å². The number of primary amides is 1. The van der Waals surface area contributed by atoms with Crippen LogP contribution < -0.4 is 11.1 Å². The summed E-state index contributed by atoms with van der Waals surface area (Å²) in [6.45, 7) is 0. The maximum Gasteiger partial charge on any atom is 0.244 e. The summed E-state index contributed by atoms with van der Waals surface area (Å²) >= 11 is 12.4. The summed E-state index contributed by atoms with van der Waals surface area (Å²) in [5.74, 6) is 0.0412. The van der Waals surface area contributed by atoms with E-state index < -0.39 is 11.9 Å². The standard InChI is InChI=1S/C17H16Cl2N2O/c18-12-5-3-6-13(19)15(12)16(17(20)22)21-14-7-2-1-4-11(14)10-8-9-10/h1-7,10,16,21H,8-9H2,(H2,20,22). The molecule has 2 aromatic rings. The van der Waals surface area contributed by atoms with Crippen LogP contribution in [0.25, 0.3) is 0 Å². The van der Waals surface area contributed by atoms with Gasteiger partial charge < -0.3 is 11.1 Å². The summed E-state index contributed by atoms with van der Waals surface area (Å²) in [7, 11) is 0. The molecule has 3 nitrogen and oxygen atoms in total. The van der Waals surface area contributed by atoms with Gasteiger partial charge in [0.15, 0.2) is 0 Å². The zero-order valence-corrected chi connectivity index (χ0v) is 13.4. The van der Waals surface area contributed by atoms with Crippen LogP contribution in [0, 0.1) is 0 Å². The van der Waals surface area contributed by atoms with E-state index in [1.165, 1.54) is 18.4 Å². The minimum absolute atomic E-state index is 0.424. The van der Waals surface area contributed by atoms with E-state index in [9.17, 15) is 4.79 Å². The fourth-order valence-electron chi connectivity index (χ4n) is 2.61. The Morgan fingerprint density at radius 1 is 1.09 bits per heavy atom. The van der Waals surface area contributed by atoms with Gasteiger partial charge in [-0.05, 0) is 42.5 Å². The van der Waals surface area contributed by atoms with Gasteiger partial charge >= 0.3 is 0 Å². The highest BCUT2D eigenvalue weighted by Gasteiger charge is 2.28. The molecule has 0 radical (unpaired) electrons. The molecule has 1 aliphatic carbocycles. The number of carbonyl (C=O) groups excluding carboxylic acids is 1. The van der Waals surface area contributed by atoms with Gasteiger partial charge in [-0.3, -0.25) is 4.79 Å². The Kier molecular flexibility index (Phi) is 4.27. The van der Waals surface area contributed by atoms with Gasteiger partial charge in [-0.15, -0.1) is 0 Å². The second-order valence-electron chi connectivity index (χ2n) is 5.48. The fourth-order valence-corrected chi connectivity index (χ4v) is 3.22. The Labute approximate surface area is 139 Å². The van der Waals surface area contributed by atoms with Crippen LogP contribution in [-0.4, -0.2) is 5.91 Å². The summed E-state index contributed by atoms with van der Waals surface area (Å²) in [4.78, 5) is 11.9. The van der Waals surface area contributed by atoms with Gasteiger partial charge in [0.25, 0.3) is 0 Å². The third-order valence-corrected chi connectivity index (χ3v) is 4.51. The Morgan fingerprint density at radius 2 is 1.73 bits per heavy atom. The van der Waals surface area contributed by atoms with Gasteiger partial charge in [0.05, 0.1) is 0 Å². The quantitative estimate of drug-likeness (QED) is 0.845. The van der Waals surface area contributed by atoms with E-state index in [-0.39, 0.29) is 0 Å². The number of carbonyl (C=O) groups is 1. The molecule has 1 amide bonds. The Bertz CT molecular complexity index is 693. The molecular weight excluding hydrogens is 319 g/mol. The largest absolute Gasteiger partial charge is 0.370 e. The smallest absolute Gasteiger partial charge is 0.244 e. The van der Waals surface area contributed by atoms with Crippen molar-refractivity contribution in [2.45, 2.75) is 24.8 Å². The predicted octanol–water partition coefficient (Wildman–Crippen LogP) is 4.51. The second-order valence-corrected chi connectivity index (χ2v) is 6.29. The van der Waals surface area contributed by atoms with Crippen molar-refractivity contribution in [3.63, 3.8) is 0 Å². The van der Waals surface area contributed by atoms with Crippen molar-refractivity contribution < 1.29 is 4.79 Å². The van der Waals surface area contributed by atoms with Crippen LogP contribution in [-0.2, 0) is 4.79 Å². The third-order valence-electron chi connectivity index (χ3n) is 3.85. The first kappa shape index (κ1) is 15.2. The first-order valence-corrected chi connectivity index (χ1v) is 7.92. The molecule has 0 aliphatic heterocycles. The SMILES string of the molecule is NC(=O)C(Nc1ccccc1C1CC1)c1c(Cl)cccc1Cl. The van der Waals surface area contributed by atoms with Crippen LogP contribution in [0.3, 0.4) is 0 Å². The van der Waals surface area contributed by atoms with Crippen LogP contribution >= 0.6 is 23.2 Å². The molecular formula is C17H16Cl2N2O. The van der Waals surface area contributed by atoms with Crippen molar-refractivity contribution in [2.24, 2.45) is 5.73 Å². The topological polar surface area (TPSA) is 55.1 Å². The molecule has 3 N–H and O–H groups in total. The maximum atomic E-state index is 11.9. The van der Waals surface area contributed by atoms with Gasteiger partial charge in [-0.1, -0.05) is 47.5 Å². The minimum Gasteiger partial charge on any atom is -0.370 e. The van der Waals surface area contributed by atoms with E-state index >= 15 is 0 Å². The van der Waals surface area contributed by atoms with Crippen LogP contribution in [0.5, 0.6) is 0 Å². The first-order chi connectivity index (χ1) is 10.6. The highest BCUT2D eigenvalue weighted by Crippen LogP contribution is 2.44. The lowest BCUT2D eigenvalue weighted by Gasteiger charge is -2.21. The first-order valence-electron chi connectivity index (χ1n) is 7.16. The average molecular weight is 335 g/mol. The zero-order chi connectivity index (χ0) is 15.7. The molecule has 2 aromatic carbocycles. The van der Waals surface area contributed by atoms with Gasteiger partial charge in [-0.25, -0.2) is 0 Å². The number of halogens is 2. The molecule has 5 heteroatoms. The molecule has 1 unspecified atom stereocenters. The molecule has 0 spiro atoms. The lowest BCUT2D eigenvalue weighted by atomic mass is 10.0. The number of nitrogens with two attached hydrogens (primary N) is 1. The van der Waals surface area contributed by atoms with E-state index in [0.717, 1.165) is 5.69 Å². The Hall–Kier alpha value is -1.71. The molecule has 1 fully saturated rings. The zero-order valence-electron chi connectivity index (χ0n) is 11.9. The number of para-hydroxylation sites is 1. The second kappa shape index (κ2) is 6.19. The predicted molar refractivity (Wildman–Crippen MR) is 90.4 cm³/mol. The molecule has 0 saturated heterocycles. The van der Waals surface area contributed by atoms with Crippen molar-refractivity contribution in [1.82, 2.24) is 0 Å². The van der Waals surface area contributed by atoms with E-state index in [1.807, 2.05) is 18.2 Å². The molecule has 0 aromatic heterocycles. The number of amides is 1. The minimum atomic E-state index is -0.763. The summed E-state index contributed by atoms with van der Waals surface area (Å²) in [5, 5.41) is 4.07. The lowest BCUT2D eigenvalue weighted by Crippen LogP contribution is -2.28. The average Bonchev–Trinajstić information content (AvgIpc) is 3.31. The molecule has 3 rings (SSSR count). The van der Waals surface area contributed by atoms with E-state index in [1.54, 1.807) is 18.2 Å². The molecule has 0 heterocycles. The summed E-state index contributed by atoms with van der Waals surface area (Å²) in [6.07, 6.45) is 2.35. The van der Waals surface area contributed by atoms with E-state index in [0.29, 0.717) is 21.5 Å². The van der Waals surface area contributed by atoms with Gasteiger partial charge in [0.2, 0.25) is 5.91 Å². The molecule has 22 heavy (non-hydrogen) atoms. The van der Waals surface area contributed by atoms with Crippen LogP contribution in [0.2, 0.25) is 10.0 Å². The third kappa shape index (κ3) is 3.06. The van der Waals surface area contributed by atoms with Crippen molar-refractivity contribution in [3.05, 3.63) is 63.6 Å². The number of hydrogen-bond acceptors (Lipinski definition) is 2. The molecule has 114 valence electrons. The van der Waals surface area contributed by atoms with Crippen molar-refractivity contribution in [1.29, 1.82) is 0 Å². The van der Waals surface area contributed by atoms with E-state index in [2.05, 4.69) is 11.4 Å². The van der Waals surface area contributed by atoms with Crippen molar-refractivity contribution in [3.8, 4) is 0 Å². The molecule has 1 atom stereocenters.